The molecule has 0 spiro atoms. The lowest BCUT2D eigenvalue weighted by Gasteiger charge is -2.39. The number of nitrogens with zero attached hydrogens (tertiary/aromatic N) is 1. The summed E-state index contributed by atoms with van der Waals surface area (Å²) in [4.78, 5) is 14.4. The van der Waals surface area contributed by atoms with Gasteiger partial charge in [0.05, 0.1) is 18.1 Å². The Labute approximate surface area is 253 Å². The van der Waals surface area contributed by atoms with Crippen molar-refractivity contribution >= 4 is 5.97 Å². The van der Waals surface area contributed by atoms with E-state index >= 15 is 0 Å². The SMILES string of the molecule is CCOC(=O)C(CC(C)C)c1cc(-c2ccc(C(F)(F)F)cc2)cc(C2CCN([C@@H](c3cccc(F)c3)C(F)(F)F)CC2)c1. The summed E-state index contributed by atoms with van der Waals surface area (Å²) in [5.74, 6) is -1.80. The third-order valence-electron chi connectivity index (χ3n) is 8.04. The van der Waals surface area contributed by atoms with Crippen LogP contribution in [-0.2, 0) is 15.7 Å². The molecular formula is C34H36F7NO2. The fraction of sp³-hybridized carbons (Fsp3) is 0.441. The molecule has 1 saturated heterocycles. The lowest BCUT2D eigenvalue weighted by atomic mass is 9.82. The third kappa shape index (κ3) is 8.20. The van der Waals surface area contributed by atoms with Gasteiger partial charge in [-0.2, -0.15) is 26.3 Å². The monoisotopic (exact) mass is 623 g/mol. The highest BCUT2D eigenvalue weighted by molar-refractivity contribution is 5.79. The highest BCUT2D eigenvalue weighted by Gasteiger charge is 2.45. The predicted octanol–water partition coefficient (Wildman–Crippen LogP) is 9.69. The molecule has 2 atom stereocenters. The minimum absolute atomic E-state index is 0.0957. The average molecular weight is 624 g/mol. The lowest BCUT2D eigenvalue weighted by molar-refractivity contribution is -0.189. The summed E-state index contributed by atoms with van der Waals surface area (Å²) in [5, 5.41) is 0. The maximum atomic E-state index is 14.2. The first-order valence-corrected chi connectivity index (χ1v) is 14.7. The summed E-state index contributed by atoms with van der Waals surface area (Å²) in [6, 6.07) is 12.9. The van der Waals surface area contributed by atoms with Crippen molar-refractivity contribution in [2.75, 3.05) is 19.7 Å². The number of esters is 1. The predicted molar refractivity (Wildman–Crippen MR) is 154 cm³/mol. The van der Waals surface area contributed by atoms with E-state index in [0.29, 0.717) is 36.0 Å². The first-order chi connectivity index (χ1) is 20.7. The number of hydrogen-bond acceptors (Lipinski definition) is 3. The van der Waals surface area contributed by atoms with Crippen LogP contribution >= 0.6 is 0 Å². The van der Waals surface area contributed by atoms with E-state index in [1.54, 1.807) is 13.0 Å². The number of ether oxygens (including phenoxy) is 1. The van der Waals surface area contributed by atoms with Crippen LogP contribution in [0.4, 0.5) is 30.7 Å². The van der Waals surface area contributed by atoms with Crippen LogP contribution in [0, 0.1) is 11.7 Å². The van der Waals surface area contributed by atoms with E-state index in [4.69, 9.17) is 4.74 Å². The molecule has 1 fully saturated rings. The zero-order valence-electron chi connectivity index (χ0n) is 24.8. The molecule has 1 aliphatic heterocycles. The van der Waals surface area contributed by atoms with E-state index in [9.17, 15) is 35.5 Å². The second-order valence-corrected chi connectivity index (χ2v) is 11.7. The first kappa shape index (κ1) is 33.5. The fourth-order valence-electron chi connectivity index (χ4n) is 5.99. The second kappa shape index (κ2) is 13.7. The van der Waals surface area contributed by atoms with Crippen LogP contribution < -0.4 is 0 Å². The molecule has 4 rings (SSSR count). The van der Waals surface area contributed by atoms with E-state index in [-0.39, 0.29) is 37.1 Å². The summed E-state index contributed by atoms with van der Waals surface area (Å²) in [6.45, 7) is 6.02. The summed E-state index contributed by atoms with van der Waals surface area (Å²) < 4.78 is 101. The van der Waals surface area contributed by atoms with E-state index in [1.165, 1.54) is 29.2 Å². The normalized spacial score (nSPS) is 16.6. The molecular weight excluding hydrogens is 587 g/mol. The molecule has 3 aromatic rings. The molecule has 0 bridgehead atoms. The molecule has 0 N–H and O–H groups in total. The maximum Gasteiger partial charge on any atom is 0.416 e. The van der Waals surface area contributed by atoms with Gasteiger partial charge < -0.3 is 4.74 Å². The number of hydrogen-bond donors (Lipinski definition) is 0. The Kier molecular flexibility index (Phi) is 10.4. The van der Waals surface area contributed by atoms with E-state index in [0.717, 1.165) is 29.8 Å². The largest absolute Gasteiger partial charge is 0.466 e. The van der Waals surface area contributed by atoms with Crippen molar-refractivity contribution in [2.24, 2.45) is 5.92 Å². The lowest BCUT2D eigenvalue weighted by Crippen LogP contribution is -2.42. The molecule has 0 aliphatic carbocycles. The van der Waals surface area contributed by atoms with Gasteiger partial charge in [-0.25, -0.2) is 4.39 Å². The van der Waals surface area contributed by atoms with Gasteiger partial charge >= 0.3 is 18.3 Å². The highest BCUT2D eigenvalue weighted by atomic mass is 19.4. The summed E-state index contributed by atoms with van der Waals surface area (Å²) in [6.07, 6.45) is -7.89. The number of likely N-dealkylation sites (tertiary alicyclic amines) is 1. The van der Waals surface area contributed by atoms with Crippen LogP contribution in [0.15, 0.2) is 66.7 Å². The van der Waals surface area contributed by atoms with Crippen molar-refractivity contribution in [3.8, 4) is 11.1 Å². The van der Waals surface area contributed by atoms with Crippen LogP contribution in [-0.4, -0.2) is 36.7 Å². The maximum absolute atomic E-state index is 14.2. The number of benzene rings is 3. The molecule has 238 valence electrons. The Morgan fingerprint density at radius 1 is 0.886 bits per heavy atom. The third-order valence-corrected chi connectivity index (χ3v) is 8.04. The van der Waals surface area contributed by atoms with Crippen molar-refractivity contribution < 1.29 is 40.3 Å². The Hall–Kier alpha value is -3.40. The summed E-state index contributed by atoms with van der Waals surface area (Å²) in [5.41, 5.74) is 1.64. The van der Waals surface area contributed by atoms with E-state index < -0.39 is 41.7 Å². The van der Waals surface area contributed by atoms with Crippen molar-refractivity contribution in [3.63, 3.8) is 0 Å². The van der Waals surface area contributed by atoms with Crippen LogP contribution in [0.3, 0.4) is 0 Å². The topological polar surface area (TPSA) is 29.5 Å². The van der Waals surface area contributed by atoms with Gasteiger partial charge in [-0.1, -0.05) is 56.3 Å². The highest BCUT2D eigenvalue weighted by Crippen LogP contribution is 2.42. The number of halogens is 7. The van der Waals surface area contributed by atoms with Crippen molar-refractivity contribution in [2.45, 2.75) is 70.3 Å². The van der Waals surface area contributed by atoms with Gasteiger partial charge in [0.15, 0.2) is 0 Å². The summed E-state index contributed by atoms with van der Waals surface area (Å²) in [7, 11) is 0. The molecule has 1 heterocycles. The molecule has 0 aromatic heterocycles. The molecule has 1 aliphatic rings. The van der Waals surface area contributed by atoms with Crippen LogP contribution in [0.1, 0.15) is 80.2 Å². The van der Waals surface area contributed by atoms with E-state index in [2.05, 4.69) is 0 Å². The molecule has 10 heteroatoms. The minimum atomic E-state index is -4.61. The fourth-order valence-corrected chi connectivity index (χ4v) is 5.99. The Balaban J connectivity index is 1.69. The van der Waals surface area contributed by atoms with Gasteiger partial charge in [0.25, 0.3) is 0 Å². The number of alkyl halides is 6. The van der Waals surface area contributed by atoms with Gasteiger partial charge in [-0.05, 0) is 103 Å². The standard InChI is InChI=1S/C34H36F7NO2/c1-4-44-32(43)30(16-21(2)3)27-18-25(22-8-10-28(11-9-22)33(36,37)38)17-26(19-27)23-12-14-42(15-13-23)31(34(39,40)41)24-6-5-7-29(35)20-24/h5-11,17-21,23,30-31H,4,12-16H2,1-3H3/t30?,31-/m0/s1. The quantitative estimate of drug-likeness (QED) is 0.176. The molecule has 3 nitrogen and oxygen atoms in total. The Morgan fingerprint density at radius 2 is 1.55 bits per heavy atom. The van der Waals surface area contributed by atoms with Crippen LogP contribution in [0.5, 0.6) is 0 Å². The molecule has 44 heavy (non-hydrogen) atoms. The van der Waals surface area contributed by atoms with Crippen LogP contribution in [0.2, 0.25) is 0 Å². The Bertz CT molecular complexity index is 1410. The average Bonchev–Trinajstić information content (AvgIpc) is 2.95. The Morgan fingerprint density at radius 3 is 2.09 bits per heavy atom. The first-order valence-electron chi connectivity index (χ1n) is 14.7. The second-order valence-electron chi connectivity index (χ2n) is 11.7. The zero-order valence-corrected chi connectivity index (χ0v) is 24.8. The zero-order chi connectivity index (χ0) is 32.2. The van der Waals surface area contributed by atoms with Crippen molar-refractivity contribution in [3.05, 3.63) is 94.8 Å². The van der Waals surface area contributed by atoms with Gasteiger partial charge in [0.1, 0.15) is 11.9 Å². The number of carbonyl (C=O) groups excluding carboxylic acids is 1. The minimum Gasteiger partial charge on any atom is -0.466 e. The molecule has 0 saturated carbocycles. The van der Waals surface area contributed by atoms with Crippen molar-refractivity contribution in [1.82, 2.24) is 4.90 Å². The number of piperidine rings is 1. The molecule has 3 aromatic carbocycles. The molecule has 0 radical (unpaired) electrons. The van der Waals surface area contributed by atoms with Gasteiger partial charge in [0, 0.05) is 0 Å². The van der Waals surface area contributed by atoms with Crippen LogP contribution in [0.25, 0.3) is 11.1 Å². The van der Waals surface area contributed by atoms with Crippen molar-refractivity contribution in [1.29, 1.82) is 0 Å². The van der Waals surface area contributed by atoms with Gasteiger partial charge in [-0.15, -0.1) is 0 Å². The summed E-state index contributed by atoms with van der Waals surface area (Å²) >= 11 is 0. The van der Waals surface area contributed by atoms with Gasteiger partial charge in [0.2, 0.25) is 0 Å². The smallest absolute Gasteiger partial charge is 0.416 e. The molecule has 0 amide bonds. The number of carbonyl (C=O) groups is 1. The van der Waals surface area contributed by atoms with E-state index in [1.807, 2.05) is 26.0 Å². The number of rotatable bonds is 9. The van der Waals surface area contributed by atoms with Gasteiger partial charge in [-0.3, -0.25) is 9.69 Å². The molecule has 1 unspecified atom stereocenters.